The Balaban J connectivity index is 1.11. The number of benzene rings is 2. The van der Waals surface area contributed by atoms with Gasteiger partial charge in [0.05, 0.1) is 6.10 Å². The van der Waals surface area contributed by atoms with E-state index in [4.69, 9.17) is 4.74 Å². The molecule has 0 spiro atoms. The lowest BCUT2D eigenvalue weighted by Crippen LogP contribution is -2.40. The largest absolute Gasteiger partial charge is 0.480 e. The van der Waals surface area contributed by atoms with Gasteiger partial charge in [0.25, 0.3) is 0 Å². The van der Waals surface area contributed by atoms with Crippen LogP contribution in [0.4, 0.5) is 4.79 Å². The maximum absolute atomic E-state index is 12.3. The zero-order chi connectivity index (χ0) is 24.8. The predicted octanol–water partition coefficient (Wildman–Crippen LogP) is 3.52. The van der Waals surface area contributed by atoms with Crippen molar-refractivity contribution in [2.24, 2.45) is 0 Å². The number of likely N-dealkylation sites (tertiary alicyclic amines) is 1. The fourth-order valence-electron chi connectivity index (χ4n) is 5.06. The second-order valence-electron chi connectivity index (χ2n) is 9.21. The predicted molar refractivity (Wildman–Crippen MR) is 130 cm³/mol. The molecule has 1 fully saturated rings. The number of aliphatic hydroxyl groups excluding tert-OH is 1. The number of hydrogen-bond acceptors (Lipinski definition) is 5. The number of carbonyl (C=O) groups is 3. The van der Waals surface area contributed by atoms with Gasteiger partial charge in [-0.25, -0.2) is 9.59 Å². The maximum Gasteiger partial charge on any atom is 0.407 e. The minimum absolute atomic E-state index is 0.0307. The van der Waals surface area contributed by atoms with Crippen molar-refractivity contribution in [1.82, 2.24) is 10.2 Å². The van der Waals surface area contributed by atoms with Gasteiger partial charge in [-0.05, 0) is 35.1 Å². The van der Waals surface area contributed by atoms with E-state index in [0.717, 1.165) is 19.3 Å². The Morgan fingerprint density at radius 2 is 1.57 bits per heavy atom. The number of nitrogens with one attached hydrogen (secondary N) is 1. The van der Waals surface area contributed by atoms with E-state index in [9.17, 15) is 24.6 Å². The quantitative estimate of drug-likeness (QED) is 0.448. The normalized spacial score (nSPS) is 18.7. The molecule has 8 heteroatoms. The van der Waals surface area contributed by atoms with E-state index in [1.54, 1.807) is 0 Å². The monoisotopic (exact) mass is 480 g/mol. The van der Waals surface area contributed by atoms with Crippen molar-refractivity contribution in [3.8, 4) is 11.1 Å². The van der Waals surface area contributed by atoms with Gasteiger partial charge in [0.2, 0.25) is 5.91 Å². The van der Waals surface area contributed by atoms with Gasteiger partial charge < -0.3 is 25.2 Å². The number of carboxylic acids is 1. The van der Waals surface area contributed by atoms with Crippen LogP contribution >= 0.6 is 0 Å². The summed E-state index contributed by atoms with van der Waals surface area (Å²) in [4.78, 5) is 37.0. The summed E-state index contributed by atoms with van der Waals surface area (Å²) >= 11 is 0. The number of carbonyl (C=O) groups excluding carboxylic acids is 2. The van der Waals surface area contributed by atoms with Crippen molar-refractivity contribution >= 4 is 18.0 Å². The number of hydrogen-bond donors (Lipinski definition) is 3. The van der Waals surface area contributed by atoms with Crippen LogP contribution in [0.15, 0.2) is 48.5 Å². The van der Waals surface area contributed by atoms with Crippen LogP contribution in [0, 0.1) is 0 Å². The van der Waals surface area contributed by atoms with Gasteiger partial charge in [-0.15, -0.1) is 0 Å². The molecule has 3 N–H and O–H groups in total. The van der Waals surface area contributed by atoms with Crippen molar-refractivity contribution in [2.75, 3.05) is 19.7 Å². The Hall–Kier alpha value is -3.39. The van der Waals surface area contributed by atoms with Crippen LogP contribution in [-0.2, 0) is 14.3 Å². The minimum Gasteiger partial charge on any atom is -0.480 e. The lowest BCUT2D eigenvalue weighted by molar-refractivity contribution is -0.148. The first-order valence-corrected chi connectivity index (χ1v) is 12.2. The highest BCUT2D eigenvalue weighted by Crippen LogP contribution is 2.44. The van der Waals surface area contributed by atoms with E-state index in [0.29, 0.717) is 13.0 Å². The van der Waals surface area contributed by atoms with Crippen LogP contribution in [0.25, 0.3) is 11.1 Å². The molecule has 0 saturated carbocycles. The fraction of sp³-hybridized carbons (Fsp3) is 0.444. The summed E-state index contributed by atoms with van der Waals surface area (Å²) in [6.07, 6.45) is 2.17. The van der Waals surface area contributed by atoms with E-state index < -0.39 is 24.2 Å². The molecule has 2 aliphatic rings. The van der Waals surface area contributed by atoms with Crippen molar-refractivity contribution < 1.29 is 29.3 Å². The Bertz CT molecular complexity index is 1030. The highest BCUT2D eigenvalue weighted by atomic mass is 16.5. The zero-order valence-corrected chi connectivity index (χ0v) is 19.7. The average Bonchev–Trinajstić information content (AvgIpc) is 3.40. The van der Waals surface area contributed by atoms with E-state index >= 15 is 0 Å². The second kappa shape index (κ2) is 11.4. The molecule has 0 aromatic heterocycles. The third-order valence-corrected chi connectivity index (χ3v) is 6.81. The topological polar surface area (TPSA) is 116 Å². The summed E-state index contributed by atoms with van der Waals surface area (Å²) in [6, 6.07) is 15.5. The van der Waals surface area contributed by atoms with Crippen LogP contribution in [0.2, 0.25) is 0 Å². The van der Waals surface area contributed by atoms with Crippen molar-refractivity contribution in [2.45, 2.75) is 56.6 Å². The Morgan fingerprint density at radius 3 is 2.23 bits per heavy atom. The number of nitrogens with zero attached hydrogens (tertiary/aromatic N) is 1. The first-order valence-electron chi connectivity index (χ1n) is 12.2. The van der Waals surface area contributed by atoms with Gasteiger partial charge in [0.1, 0.15) is 12.6 Å². The summed E-state index contributed by atoms with van der Waals surface area (Å²) in [5.74, 6) is -1.27. The molecule has 0 bridgehead atoms. The Labute approximate surface area is 204 Å². The molecule has 1 saturated heterocycles. The Morgan fingerprint density at radius 1 is 0.943 bits per heavy atom. The molecule has 1 aliphatic heterocycles. The molecule has 8 nitrogen and oxygen atoms in total. The lowest BCUT2D eigenvalue weighted by Gasteiger charge is -2.21. The average molecular weight is 481 g/mol. The second-order valence-corrected chi connectivity index (χ2v) is 9.21. The number of amides is 2. The number of β-amino-alcohol motifs (C(OH)–C–C–N with tert-alkyl or cyclic N) is 1. The number of alkyl carbamates (subject to hydrolysis) is 1. The summed E-state index contributed by atoms with van der Waals surface area (Å²) in [7, 11) is 0. The molecule has 2 aromatic carbocycles. The van der Waals surface area contributed by atoms with Crippen molar-refractivity contribution in [1.29, 1.82) is 0 Å². The molecule has 0 radical (unpaired) electrons. The summed E-state index contributed by atoms with van der Waals surface area (Å²) < 4.78 is 5.53. The van der Waals surface area contributed by atoms with E-state index in [1.807, 2.05) is 24.3 Å². The number of unbranched alkanes of at least 4 members (excludes halogenated alkanes) is 3. The first kappa shape index (κ1) is 24.7. The number of fused-ring (bicyclic) bond motifs is 3. The van der Waals surface area contributed by atoms with Gasteiger partial charge in [-0.2, -0.15) is 0 Å². The molecule has 1 heterocycles. The van der Waals surface area contributed by atoms with Gasteiger partial charge in [-0.3, -0.25) is 4.79 Å². The summed E-state index contributed by atoms with van der Waals surface area (Å²) in [5.41, 5.74) is 4.73. The SMILES string of the molecule is O=C(NCCCCCCC(=O)N1C[C@@H](O)C[C@H]1C(=O)O)OCC1c2ccccc2-c2ccccc21. The van der Waals surface area contributed by atoms with E-state index in [1.165, 1.54) is 27.2 Å². The van der Waals surface area contributed by atoms with Crippen molar-refractivity contribution in [3.05, 3.63) is 59.7 Å². The van der Waals surface area contributed by atoms with E-state index in [-0.39, 0.29) is 37.8 Å². The number of carboxylic acid groups (broad SMARTS) is 1. The molecule has 1 aliphatic carbocycles. The standard InChI is InChI=1S/C27H32N2O6/c30-18-15-24(26(32)33)29(16-18)25(31)13-3-1-2-8-14-28-27(34)35-17-23-21-11-6-4-9-19(21)20-10-5-7-12-22(20)23/h4-7,9-12,18,23-24,30H,1-3,8,13-17H2,(H,28,34)(H,32,33)/t18-,24-/m0/s1. The van der Waals surface area contributed by atoms with Crippen LogP contribution in [0.1, 0.15) is 55.6 Å². The first-order chi connectivity index (χ1) is 17.0. The van der Waals surface area contributed by atoms with Crippen LogP contribution in [0.5, 0.6) is 0 Å². The van der Waals surface area contributed by atoms with Crippen molar-refractivity contribution in [3.63, 3.8) is 0 Å². The lowest BCUT2D eigenvalue weighted by atomic mass is 9.98. The van der Waals surface area contributed by atoms with Gasteiger partial charge >= 0.3 is 12.1 Å². The number of ether oxygens (including phenoxy) is 1. The molecule has 0 unspecified atom stereocenters. The van der Waals surface area contributed by atoms with Crippen LogP contribution < -0.4 is 5.32 Å². The number of rotatable bonds is 10. The molecule has 2 amide bonds. The van der Waals surface area contributed by atoms with Gasteiger partial charge in [0.15, 0.2) is 0 Å². The van der Waals surface area contributed by atoms with Crippen LogP contribution in [-0.4, -0.2) is 64.9 Å². The molecule has 4 rings (SSSR count). The van der Waals surface area contributed by atoms with E-state index in [2.05, 4.69) is 29.6 Å². The summed E-state index contributed by atoms with van der Waals surface area (Å²) in [5, 5.41) is 21.7. The number of aliphatic carboxylic acids is 1. The highest BCUT2D eigenvalue weighted by Gasteiger charge is 2.38. The summed E-state index contributed by atoms with van der Waals surface area (Å²) in [6.45, 7) is 0.856. The molecule has 35 heavy (non-hydrogen) atoms. The highest BCUT2D eigenvalue weighted by molar-refractivity contribution is 5.84. The maximum atomic E-state index is 12.3. The third-order valence-electron chi connectivity index (χ3n) is 6.81. The van der Waals surface area contributed by atoms with Crippen LogP contribution in [0.3, 0.4) is 0 Å². The molecular weight excluding hydrogens is 448 g/mol. The molecule has 2 atom stereocenters. The number of aliphatic hydroxyl groups is 1. The zero-order valence-electron chi connectivity index (χ0n) is 19.7. The smallest absolute Gasteiger partial charge is 0.407 e. The third kappa shape index (κ3) is 5.82. The fourth-order valence-corrected chi connectivity index (χ4v) is 5.06. The van der Waals surface area contributed by atoms with Gasteiger partial charge in [-0.1, -0.05) is 61.4 Å². The molecular formula is C27H32N2O6. The minimum atomic E-state index is -1.07. The molecule has 186 valence electrons. The molecule has 2 aromatic rings. The van der Waals surface area contributed by atoms with Gasteiger partial charge in [0, 0.05) is 31.8 Å². The Kier molecular flexibility index (Phi) is 8.02.